The minimum absolute atomic E-state index is 0.379. The standard InChI is InChI=1S/C12H17NO4S/c1-10(9-14)18(15,16)13-7-4-8-17-12-6-3-2-5-11(12)13/h2-3,5-6,10,14H,4,7-9H2,1H3. The smallest absolute Gasteiger partial charge is 0.240 e. The summed E-state index contributed by atoms with van der Waals surface area (Å²) in [5, 5.41) is 8.27. The Morgan fingerprint density at radius 2 is 2.17 bits per heavy atom. The Morgan fingerprint density at radius 3 is 2.89 bits per heavy atom. The van der Waals surface area contributed by atoms with Crippen molar-refractivity contribution in [3.05, 3.63) is 24.3 Å². The maximum Gasteiger partial charge on any atom is 0.240 e. The lowest BCUT2D eigenvalue weighted by atomic mass is 10.3. The van der Waals surface area contributed by atoms with Crippen molar-refractivity contribution in [1.82, 2.24) is 0 Å². The molecule has 1 unspecified atom stereocenters. The Kier molecular flexibility index (Phi) is 3.77. The van der Waals surface area contributed by atoms with Crippen LogP contribution in [-0.4, -0.2) is 38.5 Å². The van der Waals surface area contributed by atoms with E-state index in [1.807, 2.05) is 6.07 Å². The van der Waals surface area contributed by atoms with E-state index < -0.39 is 15.3 Å². The lowest BCUT2D eigenvalue weighted by molar-refractivity contribution is 0.295. The first-order chi connectivity index (χ1) is 8.57. The van der Waals surface area contributed by atoms with Crippen LogP contribution >= 0.6 is 0 Å². The van der Waals surface area contributed by atoms with Crippen molar-refractivity contribution in [3.63, 3.8) is 0 Å². The van der Waals surface area contributed by atoms with Gasteiger partial charge in [0.1, 0.15) is 11.0 Å². The van der Waals surface area contributed by atoms with E-state index in [0.717, 1.165) is 0 Å². The molecule has 1 aromatic rings. The second kappa shape index (κ2) is 5.16. The molecular weight excluding hydrogens is 254 g/mol. The number of ether oxygens (including phenoxy) is 1. The number of nitrogens with zero attached hydrogens (tertiary/aromatic N) is 1. The summed E-state index contributed by atoms with van der Waals surface area (Å²) in [6.07, 6.45) is 0.631. The molecule has 0 radical (unpaired) electrons. The molecule has 0 fully saturated rings. The summed E-state index contributed by atoms with van der Waals surface area (Å²) in [5.74, 6) is 0.573. The van der Waals surface area contributed by atoms with Crippen LogP contribution in [0.5, 0.6) is 5.75 Å². The zero-order valence-electron chi connectivity index (χ0n) is 10.2. The third-order valence-electron chi connectivity index (χ3n) is 2.97. The highest BCUT2D eigenvalue weighted by Crippen LogP contribution is 2.33. The second-order valence-corrected chi connectivity index (χ2v) is 6.56. The fourth-order valence-electron chi connectivity index (χ4n) is 1.87. The number of sulfonamides is 1. The van der Waals surface area contributed by atoms with Gasteiger partial charge < -0.3 is 9.84 Å². The van der Waals surface area contributed by atoms with Gasteiger partial charge >= 0.3 is 0 Å². The van der Waals surface area contributed by atoms with Gasteiger partial charge in [-0.3, -0.25) is 4.31 Å². The number of para-hydroxylation sites is 2. The first kappa shape index (κ1) is 13.2. The quantitative estimate of drug-likeness (QED) is 0.890. The molecule has 0 aromatic heterocycles. The number of benzene rings is 1. The van der Waals surface area contributed by atoms with Crippen LogP contribution in [-0.2, 0) is 10.0 Å². The van der Waals surface area contributed by atoms with Crippen molar-refractivity contribution < 1.29 is 18.3 Å². The van der Waals surface area contributed by atoms with Crippen LogP contribution < -0.4 is 9.04 Å². The van der Waals surface area contributed by atoms with E-state index in [9.17, 15) is 8.42 Å². The minimum atomic E-state index is -3.55. The van der Waals surface area contributed by atoms with Gasteiger partial charge in [0.25, 0.3) is 0 Å². The summed E-state index contributed by atoms with van der Waals surface area (Å²) in [6, 6.07) is 7.07. The summed E-state index contributed by atoms with van der Waals surface area (Å²) >= 11 is 0. The average molecular weight is 271 g/mol. The zero-order chi connectivity index (χ0) is 13.2. The van der Waals surface area contributed by atoms with Gasteiger partial charge in [0.2, 0.25) is 10.0 Å². The largest absolute Gasteiger partial charge is 0.491 e. The van der Waals surface area contributed by atoms with Crippen LogP contribution in [0.15, 0.2) is 24.3 Å². The molecule has 100 valence electrons. The van der Waals surface area contributed by atoms with Crippen molar-refractivity contribution in [2.45, 2.75) is 18.6 Å². The first-order valence-electron chi connectivity index (χ1n) is 5.91. The van der Waals surface area contributed by atoms with Crippen molar-refractivity contribution in [2.24, 2.45) is 0 Å². The predicted octanol–water partition coefficient (Wildman–Crippen LogP) is 0.986. The third kappa shape index (κ3) is 2.30. The lowest BCUT2D eigenvalue weighted by Crippen LogP contribution is -2.39. The maximum absolute atomic E-state index is 12.3. The van der Waals surface area contributed by atoms with Crippen LogP contribution in [0.2, 0.25) is 0 Å². The van der Waals surface area contributed by atoms with E-state index in [1.165, 1.54) is 11.2 Å². The van der Waals surface area contributed by atoms with Gasteiger partial charge in [0, 0.05) is 13.0 Å². The van der Waals surface area contributed by atoms with Gasteiger partial charge in [-0.2, -0.15) is 0 Å². The molecule has 0 amide bonds. The minimum Gasteiger partial charge on any atom is -0.491 e. The van der Waals surface area contributed by atoms with E-state index in [1.54, 1.807) is 18.2 Å². The van der Waals surface area contributed by atoms with Crippen molar-refractivity contribution in [1.29, 1.82) is 0 Å². The van der Waals surface area contributed by atoms with Gasteiger partial charge in [-0.25, -0.2) is 8.42 Å². The molecule has 1 N–H and O–H groups in total. The molecule has 1 aromatic carbocycles. The Hall–Kier alpha value is -1.27. The van der Waals surface area contributed by atoms with Gasteiger partial charge in [-0.05, 0) is 19.1 Å². The van der Waals surface area contributed by atoms with Gasteiger partial charge in [0.05, 0.1) is 18.9 Å². The van der Waals surface area contributed by atoms with Crippen LogP contribution in [0.25, 0.3) is 0 Å². The molecule has 1 aliphatic rings. The average Bonchev–Trinajstić information content (AvgIpc) is 2.60. The molecule has 1 atom stereocenters. The highest BCUT2D eigenvalue weighted by molar-refractivity contribution is 7.93. The van der Waals surface area contributed by atoms with Crippen molar-refractivity contribution in [2.75, 3.05) is 24.1 Å². The second-order valence-electron chi connectivity index (χ2n) is 4.28. The van der Waals surface area contributed by atoms with Gasteiger partial charge in [-0.15, -0.1) is 0 Å². The van der Waals surface area contributed by atoms with Crippen molar-refractivity contribution in [3.8, 4) is 5.75 Å². The summed E-state index contributed by atoms with van der Waals surface area (Å²) in [7, 11) is -3.55. The molecule has 0 saturated heterocycles. The number of fused-ring (bicyclic) bond motifs is 1. The fraction of sp³-hybridized carbons (Fsp3) is 0.500. The molecule has 0 spiro atoms. The number of anilines is 1. The normalized spacial score (nSPS) is 17.6. The Morgan fingerprint density at radius 1 is 1.44 bits per heavy atom. The number of rotatable bonds is 3. The van der Waals surface area contributed by atoms with Crippen LogP contribution in [0.1, 0.15) is 13.3 Å². The third-order valence-corrected chi connectivity index (χ3v) is 5.13. The lowest BCUT2D eigenvalue weighted by Gasteiger charge is -2.26. The van der Waals surface area contributed by atoms with E-state index in [-0.39, 0.29) is 6.61 Å². The Bertz CT molecular complexity index is 515. The molecule has 0 saturated carbocycles. The number of hydrogen-bond donors (Lipinski definition) is 1. The highest BCUT2D eigenvalue weighted by Gasteiger charge is 2.31. The molecular formula is C12H17NO4S. The number of aliphatic hydroxyl groups excluding tert-OH is 1. The molecule has 6 heteroatoms. The topological polar surface area (TPSA) is 66.8 Å². The molecule has 18 heavy (non-hydrogen) atoms. The van der Waals surface area contributed by atoms with Crippen LogP contribution in [0, 0.1) is 0 Å². The fourth-order valence-corrected chi connectivity index (χ4v) is 3.30. The van der Waals surface area contributed by atoms with E-state index in [4.69, 9.17) is 9.84 Å². The SMILES string of the molecule is CC(CO)S(=O)(=O)N1CCCOc2ccccc21. The van der Waals surface area contributed by atoms with Gasteiger partial charge in [0.15, 0.2) is 0 Å². The predicted molar refractivity (Wildman–Crippen MR) is 69.4 cm³/mol. The van der Waals surface area contributed by atoms with Gasteiger partial charge in [-0.1, -0.05) is 12.1 Å². The Labute approximate surface area is 107 Å². The molecule has 2 rings (SSSR count). The summed E-state index contributed by atoms with van der Waals surface area (Å²) in [6.45, 7) is 1.99. The zero-order valence-corrected chi connectivity index (χ0v) is 11.1. The van der Waals surface area contributed by atoms with Crippen molar-refractivity contribution >= 4 is 15.7 Å². The molecule has 5 nitrogen and oxygen atoms in total. The summed E-state index contributed by atoms with van der Waals surface area (Å²) in [4.78, 5) is 0. The molecule has 1 heterocycles. The first-order valence-corrected chi connectivity index (χ1v) is 7.42. The summed E-state index contributed by atoms with van der Waals surface area (Å²) in [5.41, 5.74) is 0.551. The maximum atomic E-state index is 12.3. The van der Waals surface area contributed by atoms with Crippen LogP contribution in [0.3, 0.4) is 0 Å². The van der Waals surface area contributed by atoms with Crippen LogP contribution in [0.4, 0.5) is 5.69 Å². The number of hydrogen-bond acceptors (Lipinski definition) is 4. The number of aliphatic hydroxyl groups is 1. The van der Waals surface area contributed by atoms with E-state index in [0.29, 0.717) is 31.0 Å². The highest BCUT2D eigenvalue weighted by atomic mass is 32.2. The monoisotopic (exact) mass is 271 g/mol. The van der Waals surface area contributed by atoms with E-state index >= 15 is 0 Å². The Balaban J connectivity index is 2.45. The summed E-state index contributed by atoms with van der Waals surface area (Å²) < 4.78 is 31.5. The molecule has 1 aliphatic heterocycles. The van der Waals surface area contributed by atoms with E-state index in [2.05, 4.69) is 0 Å². The molecule has 0 aliphatic carbocycles. The molecule has 0 bridgehead atoms.